The van der Waals surface area contributed by atoms with Gasteiger partial charge in [0.1, 0.15) is 42.4 Å². The normalized spacial score (nSPS) is 16.9. The number of anilines is 3. The lowest BCUT2D eigenvalue weighted by atomic mass is 9.99. The Balaban J connectivity index is 0.931. The maximum atomic E-state index is 13.2. The number of aryl methyl sites for hydroxylation is 2. The van der Waals surface area contributed by atoms with Crippen molar-refractivity contribution in [1.82, 2.24) is 20.0 Å². The average molecular weight is 973 g/mol. The van der Waals surface area contributed by atoms with Gasteiger partial charge in [0.25, 0.3) is 5.91 Å². The first-order valence-corrected chi connectivity index (χ1v) is 26.9. The molecule has 1 unspecified atom stereocenters. The second-order valence-corrected chi connectivity index (χ2v) is 21.8. The number of nitrogens with one attached hydrogen (secondary N) is 3. The largest absolute Gasteiger partial charge is 0.495 e. The highest BCUT2D eigenvalue weighted by Crippen LogP contribution is 2.41. The zero-order chi connectivity index (χ0) is 49.0. The minimum atomic E-state index is -2.61. The van der Waals surface area contributed by atoms with Gasteiger partial charge in [0.05, 0.1) is 37.7 Å². The van der Waals surface area contributed by atoms with Gasteiger partial charge in [-0.1, -0.05) is 30.7 Å². The van der Waals surface area contributed by atoms with Crippen molar-refractivity contribution in [2.45, 2.75) is 84.3 Å². The number of benzene rings is 3. The molecule has 3 N–H and O–H groups in total. The molecule has 368 valence electrons. The number of allylic oxidation sites excluding steroid dienone is 1. The first kappa shape index (κ1) is 52.2. The lowest BCUT2D eigenvalue weighted by molar-refractivity contribution is -0.121. The van der Waals surface area contributed by atoms with Crippen molar-refractivity contribution in [1.29, 1.82) is 0 Å². The summed E-state index contributed by atoms with van der Waals surface area (Å²) in [7, 11) is 0.648. The number of piperazine rings is 1. The van der Waals surface area contributed by atoms with Crippen molar-refractivity contribution in [2.24, 2.45) is 9.98 Å². The number of piperidine rings is 1. The second-order valence-electron chi connectivity index (χ2n) is 18.2. The molecule has 17 heteroatoms. The number of hydrogen-bond donors (Lipinski definition) is 3. The zero-order valence-electron chi connectivity index (χ0n) is 41.0. The fourth-order valence-electron chi connectivity index (χ4n) is 9.59. The van der Waals surface area contributed by atoms with Gasteiger partial charge in [0.2, 0.25) is 5.91 Å². The summed E-state index contributed by atoms with van der Waals surface area (Å²) >= 11 is 6.66. The predicted octanol–water partition coefficient (Wildman–Crippen LogP) is 7.28. The topological polar surface area (TPSA) is 161 Å². The van der Waals surface area contributed by atoms with Crippen LogP contribution in [0.3, 0.4) is 0 Å². The molecule has 6 rings (SSSR count). The highest BCUT2D eigenvalue weighted by Gasteiger charge is 2.35. The van der Waals surface area contributed by atoms with Crippen molar-refractivity contribution in [3.63, 3.8) is 0 Å². The van der Waals surface area contributed by atoms with Crippen LogP contribution in [0.4, 0.5) is 17.1 Å². The second kappa shape index (κ2) is 24.4. The van der Waals surface area contributed by atoms with Gasteiger partial charge in [0.15, 0.2) is 0 Å². The Kier molecular flexibility index (Phi) is 18.7. The molecule has 2 amide bonds. The SMILES string of the molecule is C=N/C(Nc1ccc(C)c(C)c1P(C)(C)=O)=C(Cl)\C=N/CNc1cc(CC)c(N2CCC(N3CCN(CCCCOc4cccc5c4CN(C(C=O)CCC(=O)NC)C5=O)CC3)CC2)cc1OC. The summed E-state index contributed by atoms with van der Waals surface area (Å²) < 4.78 is 25.3. The molecule has 0 aromatic heterocycles. The number of unbranched alkanes of at least 4 members (excludes halogenated alkanes) is 1. The van der Waals surface area contributed by atoms with E-state index in [4.69, 9.17) is 21.1 Å². The highest BCUT2D eigenvalue weighted by molar-refractivity contribution is 7.70. The number of rotatable bonds is 23. The van der Waals surface area contributed by atoms with E-state index >= 15 is 0 Å². The lowest BCUT2D eigenvalue weighted by Gasteiger charge is -2.43. The molecule has 0 radical (unpaired) electrons. The molecule has 0 spiro atoms. The third-order valence-corrected chi connectivity index (χ3v) is 15.5. The van der Waals surface area contributed by atoms with Crippen LogP contribution in [0.1, 0.15) is 78.1 Å². The van der Waals surface area contributed by atoms with E-state index in [9.17, 15) is 18.9 Å². The van der Waals surface area contributed by atoms with Gasteiger partial charge in [-0.3, -0.25) is 19.5 Å². The van der Waals surface area contributed by atoms with Crippen LogP contribution in [0.15, 0.2) is 63.3 Å². The van der Waals surface area contributed by atoms with Crippen LogP contribution < -0.4 is 35.6 Å². The Labute approximate surface area is 408 Å². The standard InChI is InChI=1S/C51H71ClN9O6P/c1-9-37-29-44(56-34-55-31-42(52)50(54-5)57-43-17-15-35(2)36(3)49(43)68(7,8)65)47(66-6)30-45(37)60-22-19-38(20-23-60)59-26-24-58(25-27-59)21-10-11-28-67-46-14-12-13-40-41(46)32-61(51(40)64)39(33-62)16-18-48(63)53-4/h12-15,17,29-31,33,38-39,56-57H,5,9-11,16,18-28,32,34H2,1-4,6-8H3,(H,53,63)/b50-42-,55-31-. The molecule has 0 bridgehead atoms. The van der Waals surface area contributed by atoms with Gasteiger partial charge in [-0.05, 0) is 120 Å². The summed E-state index contributed by atoms with van der Waals surface area (Å²) in [6.45, 7) is 21.7. The molecule has 3 aromatic rings. The Morgan fingerprint density at radius 3 is 2.44 bits per heavy atom. The number of aldehydes is 1. The zero-order valence-corrected chi connectivity index (χ0v) is 42.7. The van der Waals surface area contributed by atoms with Crippen molar-refractivity contribution in [3.8, 4) is 11.5 Å². The van der Waals surface area contributed by atoms with Crippen LogP contribution >= 0.6 is 18.7 Å². The van der Waals surface area contributed by atoms with E-state index in [-0.39, 0.29) is 36.4 Å². The molecule has 0 aliphatic carbocycles. The van der Waals surface area contributed by atoms with Gasteiger partial charge in [-0.15, -0.1) is 0 Å². The molecule has 1 atom stereocenters. The number of amides is 2. The van der Waals surface area contributed by atoms with Gasteiger partial charge in [-0.25, -0.2) is 4.99 Å². The lowest BCUT2D eigenvalue weighted by Crippen LogP contribution is -2.53. The minimum absolute atomic E-state index is 0.158. The van der Waals surface area contributed by atoms with Crippen molar-refractivity contribution in [3.05, 3.63) is 81.1 Å². The Morgan fingerprint density at radius 1 is 1.03 bits per heavy atom. The minimum Gasteiger partial charge on any atom is -0.495 e. The van der Waals surface area contributed by atoms with Gasteiger partial charge in [0, 0.05) is 93.2 Å². The van der Waals surface area contributed by atoms with E-state index in [1.807, 2.05) is 38.1 Å². The summed E-state index contributed by atoms with van der Waals surface area (Å²) in [5.74, 6) is 1.42. The summed E-state index contributed by atoms with van der Waals surface area (Å²) in [4.78, 5) is 54.8. The molecule has 2 fully saturated rings. The Bertz CT molecular complexity index is 2390. The van der Waals surface area contributed by atoms with E-state index in [0.717, 1.165) is 118 Å². The van der Waals surface area contributed by atoms with Crippen LogP contribution in [0.25, 0.3) is 0 Å². The Morgan fingerprint density at radius 2 is 1.78 bits per heavy atom. The van der Waals surface area contributed by atoms with E-state index in [1.165, 1.54) is 11.3 Å². The first-order valence-electron chi connectivity index (χ1n) is 23.9. The fourth-order valence-corrected chi connectivity index (χ4v) is 11.5. The van der Waals surface area contributed by atoms with Crippen LogP contribution in [0.5, 0.6) is 11.5 Å². The number of ether oxygens (including phenoxy) is 2. The molecule has 3 heterocycles. The smallest absolute Gasteiger partial charge is 0.255 e. The number of methoxy groups -OCH3 is 1. The van der Waals surface area contributed by atoms with E-state index in [1.54, 1.807) is 44.7 Å². The number of carbonyl (C=O) groups is 3. The number of hydrogen-bond acceptors (Lipinski definition) is 13. The molecule has 68 heavy (non-hydrogen) atoms. The number of aliphatic imine (C=N–C) groups is 2. The summed E-state index contributed by atoms with van der Waals surface area (Å²) in [5, 5.41) is 10.3. The number of carbonyl (C=O) groups excluding carboxylic acids is 3. The summed E-state index contributed by atoms with van der Waals surface area (Å²) in [6, 6.07) is 13.6. The van der Waals surface area contributed by atoms with Crippen LogP contribution in [0, 0.1) is 13.8 Å². The molecule has 15 nitrogen and oxygen atoms in total. The van der Waals surface area contributed by atoms with Crippen molar-refractivity contribution in [2.75, 3.05) is 102 Å². The molecular weight excluding hydrogens is 901 g/mol. The van der Waals surface area contributed by atoms with Gasteiger partial charge in [-0.2, -0.15) is 0 Å². The van der Waals surface area contributed by atoms with E-state index in [2.05, 4.69) is 66.4 Å². The van der Waals surface area contributed by atoms with E-state index < -0.39 is 13.2 Å². The van der Waals surface area contributed by atoms with Gasteiger partial charge >= 0.3 is 0 Å². The van der Waals surface area contributed by atoms with E-state index in [0.29, 0.717) is 42.0 Å². The molecule has 0 saturated carbocycles. The predicted molar refractivity (Wildman–Crippen MR) is 278 cm³/mol. The quantitative estimate of drug-likeness (QED) is 0.0380. The number of nitrogens with zero attached hydrogens (tertiary/aromatic N) is 6. The average Bonchev–Trinajstić information content (AvgIpc) is 3.68. The Hall–Kier alpha value is -5.21. The summed E-state index contributed by atoms with van der Waals surface area (Å²) in [6.07, 6.45) is 7.79. The van der Waals surface area contributed by atoms with Crippen LogP contribution in [-0.2, 0) is 27.1 Å². The molecule has 3 aliphatic rings. The first-order chi connectivity index (χ1) is 32.7. The van der Waals surface area contributed by atoms with Crippen molar-refractivity contribution < 1.29 is 28.4 Å². The fraction of sp³-hybridized carbons (Fsp3) is 0.510. The maximum absolute atomic E-state index is 13.2. The maximum Gasteiger partial charge on any atom is 0.255 e. The van der Waals surface area contributed by atoms with Gasteiger partial charge < -0.3 is 49.5 Å². The molecular formula is C51H71ClN9O6P. The third-order valence-electron chi connectivity index (χ3n) is 13.5. The molecule has 3 aromatic carbocycles. The van der Waals surface area contributed by atoms with Crippen molar-refractivity contribution >= 4 is 72.1 Å². The summed E-state index contributed by atoms with van der Waals surface area (Å²) in [5.41, 5.74) is 7.42. The molecule has 3 aliphatic heterocycles. The van der Waals surface area contributed by atoms with Crippen LogP contribution in [-0.4, -0.2) is 144 Å². The third kappa shape index (κ3) is 12.9. The highest BCUT2D eigenvalue weighted by atomic mass is 35.5. The number of fused-ring (bicyclic) bond motifs is 1. The number of halogens is 1. The van der Waals surface area contributed by atoms with Crippen LogP contribution in [0.2, 0.25) is 0 Å². The molecule has 2 saturated heterocycles. The monoisotopic (exact) mass is 971 g/mol.